The number of nitrogens with zero attached hydrogens (tertiary/aromatic N) is 4. The van der Waals surface area contributed by atoms with Crippen molar-refractivity contribution in [3.05, 3.63) is 41.4 Å². The fourth-order valence-corrected chi connectivity index (χ4v) is 3.04. The van der Waals surface area contributed by atoms with Crippen molar-refractivity contribution in [3.63, 3.8) is 0 Å². The molecule has 0 aliphatic heterocycles. The van der Waals surface area contributed by atoms with E-state index in [9.17, 15) is 4.79 Å². The molecular weight excluding hydrogens is 296 g/mol. The molecule has 0 spiro atoms. The Kier molecular flexibility index (Phi) is 4.07. The molecule has 0 radical (unpaired) electrons. The van der Waals surface area contributed by atoms with Crippen LogP contribution in [-0.2, 0) is 0 Å². The van der Waals surface area contributed by atoms with Crippen LogP contribution in [0.2, 0.25) is 0 Å². The Hall–Kier alpha value is -2.39. The van der Waals surface area contributed by atoms with Gasteiger partial charge in [0.2, 0.25) is 0 Å². The highest BCUT2D eigenvalue weighted by atomic mass is 32.1. The predicted molar refractivity (Wildman–Crippen MR) is 86.3 cm³/mol. The van der Waals surface area contributed by atoms with Crippen molar-refractivity contribution in [1.29, 1.82) is 5.26 Å². The summed E-state index contributed by atoms with van der Waals surface area (Å²) in [5.41, 5.74) is 1.44. The fraction of sp³-hybridized carbons (Fsp3) is 0.312. The van der Waals surface area contributed by atoms with Crippen LogP contribution in [0.15, 0.2) is 35.7 Å². The molecule has 0 atom stereocenters. The summed E-state index contributed by atoms with van der Waals surface area (Å²) in [4.78, 5) is 20.5. The van der Waals surface area contributed by atoms with Gasteiger partial charge in [-0.05, 0) is 25.0 Å². The van der Waals surface area contributed by atoms with Gasteiger partial charge in [0.05, 0.1) is 6.07 Å². The first-order valence-corrected chi connectivity index (χ1v) is 8.01. The number of hydrogen-bond donors (Lipinski definition) is 0. The number of amides is 1. The lowest BCUT2D eigenvalue weighted by molar-refractivity contribution is 0.0760. The Morgan fingerprint density at radius 3 is 2.77 bits per heavy atom. The first kappa shape index (κ1) is 14.5. The second-order valence-electron chi connectivity index (χ2n) is 5.23. The van der Waals surface area contributed by atoms with Gasteiger partial charge in [0, 0.05) is 24.2 Å². The molecule has 0 unspecified atom stereocenters. The molecule has 22 heavy (non-hydrogen) atoms. The monoisotopic (exact) mass is 312 g/mol. The van der Waals surface area contributed by atoms with E-state index < -0.39 is 0 Å². The predicted octanol–water partition coefficient (Wildman–Crippen LogP) is 3.04. The van der Waals surface area contributed by atoms with Crippen molar-refractivity contribution in [2.45, 2.75) is 18.9 Å². The maximum absolute atomic E-state index is 12.5. The zero-order chi connectivity index (χ0) is 15.5. The minimum atomic E-state index is -0.145. The third kappa shape index (κ3) is 2.95. The van der Waals surface area contributed by atoms with Gasteiger partial charge >= 0.3 is 0 Å². The number of hydrogen-bond acceptors (Lipinski definition) is 5. The van der Waals surface area contributed by atoms with Gasteiger partial charge in [-0.1, -0.05) is 18.2 Å². The Labute approximate surface area is 133 Å². The molecule has 1 aromatic carbocycles. The molecule has 5 nitrogen and oxygen atoms in total. The zero-order valence-corrected chi connectivity index (χ0v) is 13.1. The van der Waals surface area contributed by atoms with Gasteiger partial charge in [-0.15, -0.1) is 11.3 Å². The second-order valence-corrected chi connectivity index (χ2v) is 6.07. The van der Waals surface area contributed by atoms with Crippen molar-refractivity contribution in [2.24, 2.45) is 0 Å². The molecule has 1 aromatic heterocycles. The molecule has 1 saturated carbocycles. The Balaban J connectivity index is 1.78. The molecule has 0 N–H and O–H groups in total. The zero-order valence-electron chi connectivity index (χ0n) is 12.3. The minimum absolute atomic E-state index is 0.130. The van der Waals surface area contributed by atoms with Crippen LogP contribution in [0.1, 0.15) is 23.3 Å². The summed E-state index contributed by atoms with van der Waals surface area (Å²) in [5.74, 6) is -0.145. The van der Waals surface area contributed by atoms with E-state index in [2.05, 4.69) is 11.1 Å². The van der Waals surface area contributed by atoms with Crippen molar-refractivity contribution in [1.82, 2.24) is 9.88 Å². The van der Waals surface area contributed by atoms with Gasteiger partial charge in [0.25, 0.3) is 5.91 Å². The standard InChI is InChI=1S/C16H16N4OS/c1-19(12-5-3-2-4-6-12)16-18-14(11-22-16)15(21)20(10-9-17)13-7-8-13/h2-6,11,13H,7-8,10H2,1H3. The molecule has 1 amide bonds. The maximum Gasteiger partial charge on any atom is 0.274 e. The molecule has 112 valence electrons. The van der Waals surface area contributed by atoms with E-state index in [1.807, 2.05) is 42.3 Å². The summed E-state index contributed by atoms with van der Waals surface area (Å²) in [7, 11) is 1.93. The molecule has 0 saturated heterocycles. The highest BCUT2D eigenvalue weighted by molar-refractivity contribution is 7.14. The minimum Gasteiger partial charge on any atom is -0.321 e. The molecule has 1 aliphatic rings. The van der Waals surface area contributed by atoms with Crippen molar-refractivity contribution >= 4 is 28.1 Å². The Bertz CT molecular complexity index is 702. The third-order valence-corrected chi connectivity index (χ3v) is 4.55. The molecule has 3 rings (SSSR count). The number of thiazole rings is 1. The number of rotatable bonds is 5. The quantitative estimate of drug-likeness (QED) is 0.796. The first-order chi connectivity index (χ1) is 10.7. The van der Waals surface area contributed by atoms with Gasteiger partial charge in [-0.3, -0.25) is 4.79 Å². The van der Waals surface area contributed by atoms with Gasteiger partial charge in [-0.25, -0.2) is 4.98 Å². The topological polar surface area (TPSA) is 60.2 Å². The van der Waals surface area contributed by atoms with E-state index in [1.54, 1.807) is 10.3 Å². The first-order valence-electron chi connectivity index (χ1n) is 7.13. The summed E-state index contributed by atoms with van der Waals surface area (Å²) in [6.45, 7) is 0.130. The Morgan fingerprint density at radius 1 is 1.41 bits per heavy atom. The number of carbonyl (C=O) groups is 1. The molecule has 2 aromatic rings. The molecule has 6 heteroatoms. The number of benzene rings is 1. The second kappa shape index (κ2) is 6.16. The molecular formula is C16H16N4OS. The maximum atomic E-state index is 12.5. The van der Waals surface area contributed by atoms with Crippen LogP contribution in [-0.4, -0.2) is 35.4 Å². The average Bonchev–Trinajstić information content (AvgIpc) is 3.28. The highest BCUT2D eigenvalue weighted by Gasteiger charge is 2.33. The van der Waals surface area contributed by atoms with Gasteiger partial charge < -0.3 is 9.80 Å². The number of aromatic nitrogens is 1. The number of carbonyl (C=O) groups excluding carboxylic acids is 1. The van der Waals surface area contributed by atoms with E-state index in [1.165, 1.54) is 11.3 Å². The van der Waals surface area contributed by atoms with E-state index in [0.717, 1.165) is 23.7 Å². The summed E-state index contributed by atoms with van der Waals surface area (Å²) >= 11 is 1.43. The van der Waals surface area contributed by atoms with Crippen LogP contribution >= 0.6 is 11.3 Å². The van der Waals surface area contributed by atoms with E-state index >= 15 is 0 Å². The van der Waals surface area contributed by atoms with Crippen molar-refractivity contribution in [3.8, 4) is 6.07 Å². The van der Waals surface area contributed by atoms with Gasteiger partial charge in [-0.2, -0.15) is 5.26 Å². The lowest BCUT2D eigenvalue weighted by atomic mass is 10.3. The number of nitriles is 1. The average molecular weight is 312 g/mol. The molecule has 1 fully saturated rings. The van der Waals surface area contributed by atoms with Crippen LogP contribution < -0.4 is 4.90 Å². The highest BCUT2D eigenvalue weighted by Crippen LogP contribution is 2.30. The third-order valence-electron chi connectivity index (χ3n) is 3.63. The molecule has 1 aliphatic carbocycles. The Morgan fingerprint density at radius 2 is 2.14 bits per heavy atom. The van der Waals surface area contributed by atoms with Gasteiger partial charge in [0.15, 0.2) is 5.13 Å². The summed E-state index contributed by atoms with van der Waals surface area (Å²) in [6.07, 6.45) is 1.96. The van der Waals surface area contributed by atoms with E-state index in [4.69, 9.17) is 5.26 Å². The van der Waals surface area contributed by atoms with Gasteiger partial charge in [0.1, 0.15) is 12.2 Å². The van der Waals surface area contributed by atoms with E-state index in [-0.39, 0.29) is 18.5 Å². The summed E-state index contributed by atoms with van der Waals surface area (Å²) in [5, 5.41) is 11.4. The van der Waals surface area contributed by atoms with E-state index in [0.29, 0.717) is 5.69 Å². The molecule has 0 bridgehead atoms. The SMILES string of the molecule is CN(c1ccccc1)c1nc(C(=O)N(CC#N)C2CC2)cs1. The van der Waals surface area contributed by atoms with Crippen LogP contribution in [0.4, 0.5) is 10.8 Å². The largest absolute Gasteiger partial charge is 0.321 e. The molecule has 1 heterocycles. The van der Waals surface area contributed by atoms with Crippen LogP contribution in [0, 0.1) is 11.3 Å². The summed E-state index contributed by atoms with van der Waals surface area (Å²) in [6, 6.07) is 12.2. The van der Waals surface area contributed by atoms with Crippen LogP contribution in [0.25, 0.3) is 0 Å². The lowest BCUT2D eigenvalue weighted by Gasteiger charge is -2.18. The smallest absolute Gasteiger partial charge is 0.274 e. The van der Waals surface area contributed by atoms with Crippen LogP contribution in [0.5, 0.6) is 0 Å². The lowest BCUT2D eigenvalue weighted by Crippen LogP contribution is -2.33. The number of anilines is 2. The normalized spacial score (nSPS) is 13.5. The van der Waals surface area contributed by atoms with Crippen molar-refractivity contribution < 1.29 is 4.79 Å². The summed E-state index contributed by atoms with van der Waals surface area (Å²) < 4.78 is 0. The fourth-order valence-electron chi connectivity index (χ4n) is 2.25. The van der Waals surface area contributed by atoms with Crippen molar-refractivity contribution in [2.75, 3.05) is 18.5 Å². The number of para-hydroxylation sites is 1. The van der Waals surface area contributed by atoms with Crippen LogP contribution in [0.3, 0.4) is 0 Å².